The summed E-state index contributed by atoms with van der Waals surface area (Å²) in [7, 11) is 0. The van der Waals surface area contributed by atoms with Gasteiger partial charge in [-0.3, -0.25) is 0 Å². The maximum Gasteiger partial charge on any atom is 0.410 e. The summed E-state index contributed by atoms with van der Waals surface area (Å²) in [6.45, 7) is 3.41. The molecule has 3 aromatic rings. The van der Waals surface area contributed by atoms with Crippen LogP contribution in [0.15, 0.2) is 30.7 Å². The molecule has 1 aliphatic carbocycles. The Morgan fingerprint density at radius 3 is 2.91 bits per heavy atom. The van der Waals surface area contributed by atoms with Gasteiger partial charge in [-0.05, 0) is 31.9 Å². The van der Waals surface area contributed by atoms with Crippen molar-refractivity contribution in [2.75, 3.05) is 19.7 Å². The van der Waals surface area contributed by atoms with E-state index in [1.54, 1.807) is 23.1 Å². The van der Waals surface area contributed by atoms with Crippen LogP contribution in [-0.2, 0) is 9.47 Å². The van der Waals surface area contributed by atoms with Crippen LogP contribution in [0.4, 0.5) is 4.79 Å². The van der Waals surface area contributed by atoms with Gasteiger partial charge in [0, 0.05) is 34.8 Å². The first-order chi connectivity index (χ1) is 16.4. The first-order valence-electron chi connectivity index (χ1n) is 11.2. The Morgan fingerprint density at radius 1 is 1.32 bits per heavy atom. The number of aromatic nitrogens is 3. The van der Waals surface area contributed by atoms with Gasteiger partial charge in [0.1, 0.15) is 35.2 Å². The monoisotopic (exact) mass is 479 g/mol. The molecule has 10 heteroatoms. The van der Waals surface area contributed by atoms with Crippen molar-refractivity contribution < 1.29 is 19.0 Å². The third-order valence-corrected chi connectivity index (χ3v) is 7.13. The molecule has 1 N–H and O–H groups in total. The summed E-state index contributed by atoms with van der Waals surface area (Å²) in [5.74, 6) is 0.443. The highest BCUT2D eigenvalue weighted by Crippen LogP contribution is 2.40. The Kier molecular flexibility index (Phi) is 4.90. The lowest BCUT2D eigenvalue weighted by atomic mass is 9.96. The second kappa shape index (κ2) is 7.86. The zero-order valence-electron chi connectivity index (χ0n) is 18.5. The molecule has 0 spiro atoms. The highest BCUT2D eigenvalue weighted by Gasteiger charge is 2.49. The van der Waals surface area contributed by atoms with Crippen molar-refractivity contribution in [3.63, 3.8) is 0 Å². The molecule has 0 radical (unpaired) electrons. The van der Waals surface area contributed by atoms with Crippen LogP contribution in [0.25, 0.3) is 22.2 Å². The Hall–Kier alpha value is -3.35. The molecule has 3 aliphatic rings. The van der Waals surface area contributed by atoms with E-state index < -0.39 is 0 Å². The Bertz CT molecular complexity index is 1320. The number of hydrogen-bond acceptors (Lipinski definition) is 7. The Balaban J connectivity index is 1.23. The first-order valence-corrected chi connectivity index (χ1v) is 11.6. The summed E-state index contributed by atoms with van der Waals surface area (Å²) in [5, 5.41) is 9.57. The number of rotatable bonds is 4. The van der Waals surface area contributed by atoms with E-state index in [-0.39, 0.29) is 29.8 Å². The van der Waals surface area contributed by atoms with Crippen LogP contribution in [0.1, 0.15) is 25.3 Å². The predicted molar refractivity (Wildman–Crippen MR) is 122 cm³/mol. The maximum absolute atomic E-state index is 12.6. The van der Waals surface area contributed by atoms with Crippen molar-refractivity contribution in [2.45, 2.75) is 37.6 Å². The van der Waals surface area contributed by atoms with Gasteiger partial charge in [-0.2, -0.15) is 10.2 Å². The van der Waals surface area contributed by atoms with Gasteiger partial charge in [0.25, 0.3) is 0 Å². The number of nitrogens with zero attached hydrogens (tertiary/aromatic N) is 4. The number of aromatic amines is 1. The first kappa shape index (κ1) is 21.2. The molecular formula is C24H22ClN5O4. The van der Waals surface area contributed by atoms with E-state index in [1.165, 1.54) is 6.33 Å². The average molecular weight is 480 g/mol. The maximum atomic E-state index is 12.6. The zero-order chi connectivity index (χ0) is 23.4. The molecular weight excluding hydrogens is 458 g/mol. The Morgan fingerprint density at radius 2 is 2.18 bits per heavy atom. The summed E-state index contributed by atoms with van der Waals surface area (Å²) in [6, 6.07) is 7.24. The molecule has 6 rings (SSSR count). The minimum absolute atomic E-state index is 0.0192. The molecule has 1 saturated carbocycles. The number of benzene rings is 1. The largest absolute Gasteiger partial charge is 0.469 e. The number of likely N-dealkylation sites (tertiary alicyclic amines) is 1. The topological polar surface area (TPSA) is 113 Å². The fourth-order valence-electron chi connectivity index (χ4n) is 4.65. The highest BCUT2D eigenvalue weighted by molar-refractivity contribution is 6.33. The lowest BCUT2D eigenvalue weighted by molar-refractivity contribution is -0.00758. The molecule has 2 bridgehead atoms. The average Bonchev–Trinajstić information content (AvgIpc) is 3.32. The van der Waals surface area contributed by atoms with Gasteiger partial charge in [-0.1, -0.05) is 17.7 Å². The van der Waals surface area contributed by atoms with Gasteiger partial charge in [-0.25, -0.2) is 9.78 Å². The molecule has 3 unspecified atom stereocenters. The molecule has 34 heavy (non-hydrogen) atoms. The van der Waals surface area contributed by atoms with E-state index >= 15 is 0 Å². The van der Waals surface area contributed by atoms with Gasteiger partial charge < -0.3 is 24.1 Å². The SMILES string of the molecule is CC1(OC(=O)N2CC3COC(C2)C3Oc2ncnc3c(-c4ccc(C#N)cc4Cl)c[nH]c23)CC1. The number of carbonyl (C=O) groups excluding carboxylic acids is 1. The van der Waals surface area contributed by atoms with Crippen LogP contribution < -0.4 is 4.74 Å². The fourth-order valence-corrected chi connectivity index (χ4v) is 4.93. The molecule has 2 aliphatic heterocycles. The van der Waals surface area contributed by atoms with Crippen molar-refractivity contribution in [3.05, 3.63) is 41.3 Å². The van der Waals surface area contributed by atoms with Gasteiger partial charge in [-0.15, -0.1) is 0 Å². The van der Waals surface area contributed by atoms with Crippen LogP contribution >= 0.6 is 11.6 Å². The number of nitrogens with one attached hydrogen (secondary N) is 1. The smallest absolute Gasteiger partial charge is 0.410 e. The van der Waals surface area contributed by atoms with E-state index in [1.807, 2.05) is 13.1 Å². The third-order valence-electron chi connectivity index (χ3n) is 6.82. The summed E-state index contributed by atoms with van der Waals surface area (Å²) < 4.78 is 17.9. The summed E-state index contributed by atoms with van der Waals surface area (Å²) in [5.41, 5.74) is 3.06. The molecule has 174 valence electrons. The van der Waals surface area contributed by atoms with Gasteiger partial charge in [0.05, 0.1) is 24.8 Å². The van der Waals surface area contributed by atoms with Gasteiger partial charge in [0.2, 0.25) is 5.88 Å². The predicted octanol–water partition coefficient (Wildman–Crippen LogP) is 3.92. The number of H-pyrrole nitrogens is 1. The van der Waals surface area contributed by atoms with Crippen molar-refractivity contribution in [1.29, 1.82) is 5.26 Å². The van der Waals surface area contributed by atoms with Crippen molar-refractivity contribution >= 4 is 28.7 Å². The highest BCUT2D eigenvalue weighted by atomic mass is 35.5. The molecule has 2 aromatic heterocycles. The Labute approximate surface area is 200 Å². The summed E-state index contributed by atoms with van der Waals surface area (Å²) in [6.07, 6.45) is 4.32. The molecule has 3 atom stereocenters. The van der Waals surface area contributed by atoms with Crippen molar-refractivity contribution in [3.8, 4) is 23.1 Å². The molecule has 9 nitrogen and oxygen atoms in total. The second-order valence-electron chi connectivity index (χ2n) is 9.35. The lowest BCUT2D eigenvalue weighted by Gasteiger charge is -2.35. The van der Waals surface area contributed by atoms with E-state index in [0.29, 0.717) is 47.2 Å². The number of amides is 1. The van der Waals surface area contributed by atoms with Crippen LogP contribution in [0, 0.1) is 17.2 Å². The van der Waals surface area contributed by atoms with Crippen LogP contribution in [0.5, 0.6) is 5.88 Å². The number of halogens is 1. The molecule has 3 fully saturated rings. The number of fused-ring (bicyclic) bond motifs is 3. The van der Waals surface area contributed by atoms with E-state index in [0.717, 1.165) is 24.0 Å². The molecule has 1 amide bonds. The van der Waals surface area contributed by atoms with Crippen molar-refractivity contribution in [2.24, 2.45) is 5.92 Å². The number of hydrogen-bond donors (Lipinski definition) is 1. The number of piperidine rings is 1. The zero-order valence-corrected chi connectivity index (χ0v) is 19.2. The third kappa shape index (κ3) is 3.63. The van der Waals surface area contributed by atoms with Crippen molar-refractivity contribution in [1.82, 2.24) is 19.9 Å². The van der Waals surface area contributed by atoms with Gasteiger partial charge >= 0.3 is 6.09 Å². The lowest BCUT2D eigenvalue weighted by Crippen LogP contribution is -2.53. The second-order valence-corrected chi connectivity index (χ2v) is 9.76. The van der Waals surface area contributed by atoms with E-state index in [9.17, 15) is 4.79 Å². The summed E-state index contributed by atoms with van der Waals surface area (Å²) in [4.78, 5) is 26.3. The number of carbonyl (C=O) groups is 1. The van der Waals surface area contributed by atoms with Crippen LogP contribution in [0.3, 0.4) is 0 Å². The van der Waals surface area contributed by atoms with E-state index in [4.69, 9.17) is 31.1 Å². The number of nitriles is 1. The quantitative estimate of drug-likeness (QED) is 0.603. The summed E-state index contributed by atoms with van der Waals surface area (Å²) >= 11 is 6.43. The standard InChI is InChI=1S/C24H22ClN5O4/c1-24(4-5-24)34-23(31)30-9-14-11-32-18(10-30)21(14)33-22-20-19(28-12-29-22)16(8-27-20)15-3-2-13(7-26)6-17(15)25/h2-3,6,8,12,14,18,21,27H,4-5,9-11H2,1H3. The number of ether oxygens (including phenoxy) is 3. The van der Waals surface area contributed by atoms with Crippen LogP contribution in [-0.4, -0.2) is 63.5 Å². The van der Waals surface area contributed by atoms with Crippen LogP contribution in [0.2, 0.25) is 5.02 Å². The normalized spacial score (nSPS) is 24.6. The molecule has 2 saturated heterocycles. The van der Waals surface area contributed by atoms with Gasteiger partial charge in [0.15, 0.2) is 0 Å². The van der Waals surface area contributed by atoms with E-state index in [2.05, 4.69) is 21.0 Å². The minimum Gasteiger partial charge on any atom is -0.469 e. The fraction of sp³-hybridized carbons (Fsp3) is 0.417. The minimum atomic E-state index is -0.306. The molecule has 4 heterocycles. The molecule has 1 aromatic carbocycles.